The molecule has 1 aliphatic carbocycles. The molecule has 0 spiro atoms. The molecule has 0 aliphatic heterocycles. The number of hydrogen-bond donors (Lipinski definition) is 1. The highest BCUT2D eigenvalue weighted by atomic mass is 32.1. The first-order valence-electron chi connectivity index (χ1n) is 5.67. The first-order chi connectivity index (χ1) is 5.99. The van der Waals surface area contributed by atoms with Crippen LogP contribution in [0, 0.1) is 23.2 Å². The van der Waals surface area contributed by atoms with Gasteiger partial charge in [-0.3, -0.25) is 0 Å². The van der Waals surface area contributed by atoms with Crippen LogP contribution in [0.3, 0.4) is 0 Å². The summed E-state index contributed by atoms with van der Waals surface area (Å²) >= 11 is 4.65. The lowest BCUT2D eigenvalue weighted by molar-refractivity contribution is 0.144. The first kappa shape index (κ1) is 11.4. The molecule has 0 saturated heterocycles. The Morgan fingerprint density at radius 1 is 1.38 bits per heavy atom. The van der Waals surface area contributed by atoms with Crippen molar-refractivity contribution in [3.05, 3.63) is 0 Å². The molecule has 1 fully saturated rings. The SMILES string of the molecule is CCC(C)C(C)(CC)C1C(C)C1S. The lowest BCUT2D eigenvalue weighted by atomic mass is 9.70. The number of hydrogen-bond acceptors (Lipinski definition) is 1. The third-order valence-corrected chi connectivity index (χ3v) is 5.39. The van der Waals surface area contributed by atoms with Crippen LogP contribution in [0.1, 0.15) is 47.5 Å². The fourth-order valence-electron chi connectivity index (χ4n) is 2.81. The maximum Gasteiger partial charge on any atom is 0.00822 e. The monoisotopic (exact) mass is 200 g/mol. The van der Waals surface area contributed by atoms with Gasteiger partial charge >= 0.3 is 0 Å². The van der Waals surface area contributed by atoms with Crippen molar-refractivity contribution in [2.75, 3.05) is 0 Å². The van der Waals surface area contributed by atoms with Crippen LogP contribution in [0.2, 0.25) is 0 Å². The summed E-state index contributed by atoms with van der Waals surface area (Å²) in [6.07, 6.45) is 2.60. The summed E-state index contributed by atoms with van der Waals surface area (Å²) in [4.78, 5) is 0. The molecule has 5 atom stereocenters. The number of rotatable bonds is 4. The van der Waals surface area contributed by atoms with Gasteiger partial charge in [0.2, 0.25) is 0 Å². The maximum atomic E-state index is 4.65. The van der Waals surface area contributed by atoms with E-state index in [9.17, 15) is 0 Å². The Morgan fingerprint density at radius 2 is 1.85 bits per heavy atom. The first-order valence-corrected chi connectivity index (χ1v) is 6.18. The second-order valence-electron chi connectivity index (χ2n) is 5.04. The average molecular weight is 200 g/mol. The Bertz CT molecular complexity index is 170. The van der Waals surface area contributed by atoms with E-state index in [0.717, 1.165) is 17.8 Å². The molecule has 13 heavy (non-hydrogen) atoms. The fourth-order valence-corrected chi connectivity index (χ4v) is 3.51. The Kier molecular flexibility index (Phi) is 3.38. The van der Waals surface area contributed by atoms with Crippen molar-refractivity contribution in [1.82, 2.24) is 0 Å². The lowest BCUT2D eigenvalue weighted by Gasteiger charge is -2.35. The van der Waals surface area contributed by atoms with E-state index in [1.165, 1.54) is 12.8 Å². The summed E-state index contributed by atoms with van der Waals surface area (Å²) in [5.41, 5.74) is 0.528. The number of thiol groups is 1. The molecule has 0 aromatic carbocycles. The molecule has 0 heterocycles. The van der Waals surface area contributed by atoms with E-state index in [-0.39, 0.29) is 0 Å². The molecule has 0 N–H and O–H groups in total. The minimum absolute atomic E-state index is 0.528. The zero-order valence-electron chi connectivity index (χ0n) is 9.67. The Balaban J connectivity index is 2.70. The largest absolute Gasteiger partial charge is 0.175 e. The molecule has 1 saturated carbocycles. The molecule has 0 amide bonds. The molecule has 1 heteroatoms. The minimum atomic E-state index is 0.528. The second kappa shape index (κ2) is 3.84. The molecule has 1 aliphatic rings. The van der Waals surface area contributed by atoms with E-state index in [1.807, 2.05) is 0 Å². The molecule has 0 bridgehead atoms. The molecule has 0 aromatic heterocycles. The van der Waals surface area contributed by atoms with E-state index in [4.69, 9.17) is 0 Å². The van der Waals surface area contributed by atoms with Gasteiger partial charge in [-0.2, -0.15) is 12.6 Å². The van der Waals surface area contributed by atoms with Gasteiger partial charge in [0.15, 0.2) is 0 Å². The van der Waals surface area contributed by atoms with Crippen molar-refractivity contribution in [2.24, 2.45) is 23.2 Å². The summed E-state index contributed by atoms with van der Waals surface area (Å²) in [7, 11) is 0. The Hall–Kier alpha value is 0.350. The van der Waals surface area contributed by atoms with Crippen LogP contribution >= 0.6 is 12.6 Å². The normalized spacial score (nSPS) is 39.7. The molecule has 5 unspecified atom stereocenters. The van der Waals surface area contributed by atoms with Crippen LogP contribution in [-0.4, -0.2) is 5.25 Å². The highest BCUT2D eigenvalue weighted by Gasteiger charge is 2.55. The minimum Gasteiger partial charge on any atom is -0.175 e. The van der Waals surface area contributed by atoms with Gasteiger partial charge in [0, 0.05) is 5.25 Å². The van der Waals surface area contributed by atoms with E-state index in [0.29, 0.717) is 10.7 Å². The highest BCUT2D eigenvalue weighted by Crippen LogP contribution is 2.58. The van der Waals surface area contributed by atoms with Gasteiger partial charge in [0.25, 0.3) is 0 Å². The van der Waals surface area contributed by atoms with Crippen molar-refractivity contribution < 1.29 is 0 Å². The summed E-state index contributed by atoms with van der Waals surface area (Å²) in [5, 5.41) is 0.666. The third-order valence-electron chi connectivity index (χ3n) is 4.59. The Labute approximate surface area is 88.9 Å². The van der Waals surface area contributed by atoms with Gasteiger partial charge in [-0.15, -0.1) is 0 Å². The van der Waals surface area contributed by atoms with Crippen molar-refractivity contribution in [3.8, 4) is 0 Å². The fraction of sp³-hybridized carbons (Fsp3) is 1.00. The topological polar surface area (TPSA) is 0 Å². The van der Waals surface area contributed by atoms with E-state index < -0.39 is 0 Å². The van der Waals surface area contributed by atoms with Gasteiger partial charge in [-0.1, -0.05) is 47.5 Å². The molecular formula is C12H24S. The standard InChI is InChI=1S/C12H24S/c1-6-8(3)12(5,7-2)10-9(4)11(10)13/h8-11,13H,6-7H2,1-5H3. The molecular weight excluding hydrogens is 176 g/mol. The van der Waals surface area contributed by atoms with Gasteiger partial charge < -0.3 is 0 Å². The predicted octanol–water partition coefficient (Wildman–Crippen LogP) is 4.01. The van der Waals surface area contributed by atoms with Crippen molar-refractivity contribution in [2.45, 2.75) is 52.7 Å². The summed E-state index contributed by atoms with van der Waals surface area (Å²) < 4.78 is 0. The quantitative estimate of drug-likeness (QED) is 0.651. The third kappa shape index (κ3) is 1.77. The lowest BCUT2D eigenvalue weighted by Crippen LogP contribution is -2.28. The van der Waals surface area contributed by atoms with E-state index in [2.05, 4.69) is 47.2 Å². The summed E-state index contributed by atoms with van der Waals surface area (Å²) in [6.45, 7) is 11.8. The smallest absolute Gasteiger partial charge is 0.00822 e. The van der Waals surface area contributed by atoms with Crippen LogP contribution in [0.4, 0.5) is 0 Å². The van der Waals surface area contributed by atoms with Gasteiger partial charge in [0.1, 0.15) is 0 Å². The van der Waals surface area contributed by atoms with Gasteiger partial charge in [-0.25, -0.2) is 0 Å². The van der Waals surface area contributed by atoms with E-state index >= 15 is 0 Å². The molecule has 78 valence electrons. The van der Waals surface area contributed by atoms with E-state index in [1.54, 1.807) is 0 Å². The molecule has 0 nitrogen and oxygen atoms in total. The zero-order chi connectivity index (χ0) is 10.2. The summed E-state index contributed by atoms with van der Waals surface area (Å²) in [5.74, 6) is 2.53. The Morgan fingerprint density at radius 3 is 2.08 bits per heavy atom. The van der Waals surface area contributed by atoms with Crippen LogP contribution in [0.25, 0.3) is 0 Å². The average Bonchev–Trinajstić information content (AvgIpc) is 2.72. The van der Waals surface area contributed by atoms with Gasteiger partial charge in [-0.05, 0) is 23.2 Å². The van der Waals surface area contributed by atoms with Crippen molar-refractivity contribution in [1.29, 1.82) is 0 Å². The van der Waals surface area contributed by atoms with Crippen LogP contribution < -0.4 is 0 Å². The summed E-state index contributed by atoms with van der Waals surface area (Å²) in [6, 6.07) is 0. The molecule has 0 radical (unpaired) electrons. The van der Waals surface area contributed by atoms with Crippen LogP contribution in [0.15, 0.2) is 0 Å². The zero-order valence-corrected chi connectivity index (χ0v) is 10.6. The van der Waals surface area contributed by atoms with Crippen molar-refractivity contribution in [3.63, 3.8) is 0 Å². The van der Waals surface area contributed by atoms with Crippen LogP contribution in [0.5, 0.6) is 0 Å². The van der Waals surface area contributed by atoms with Crippen LogP contribution in [-0.2, 0) is 0 Å². The second-order valence-corrected chi connectivity index (χ2v) is 5.64. The van der Waals surface area contributed by atoms with Crippen molar-refractivity contribution >= 4 is 12.6 Å². The highest BCUT2D eigenvalue weighted by molar-refractivity contribution is 7.81. The molecule has 1 rings (SSSR count). The van der Waals surface area contributed by atoms with Gasteiger partial charge in [0.05, 0.1) is 0 Å². The maximum absolute atomic E-state index is 4.65. The molecule has 0 aromatic rings. The predicted molar refractivity (Wildman–Crippen MR) is 63.3 cm³/mol.